The first kappa shape index (κ1) is 15.2. The predicted molar refractivity (Wildman–Crippen MR) is 82.2 cm³/mol. The van der Waals surface area contributed by atoms with E-state index in [1.807, 2.05) is 0 Å². The van der Waals surface area contributed by atoms with Crippen molar-refractivity contribution in [1.82, 2.24) is 4.98 Å². The summed E-state index contributed by atoms with van der Waals surface area (Å²) in [5.41, 5.74) is -1.69. The topological polar surface area (TPSA) is 129 Å². The Kier molecular flexibility index (Phi) is 3.88. The summed E-state index contributed by atoms with van der Waals surface area (Å²) in [5.74, 6) is 0. The Balaban J connectivity index is 2.24. The highest BCUT2D eigenvalue weighted by atomic mass is 32.1. The van der Waals surface area contributed by atoms with Crippen LogP contribution in [0.2, 0.25) is 0 Å². The summed E-state index contributed by atoms with van der Waals surface area (Å²) in [5, 5.41) is 22.3. The quantitative estimate of drug-likeness (QED) is 0.605. The predicted octanol–water partition coefficient (Wildman–Crippen LogP) is 1.31. The SMILES string of the molecule is O=c1nc(N2CCOCC2)sc2c([N+](=O)[O-])cc([N+](=O)[O-])cc12. The average Bonchev–Trinajstić information content (AvgIpc) is 2.54. The Hall–Kier alpha value is -2.66. The lowest BCUT2D eigenvalue weighted by Crippen LogP contribution is -2.37. The first-order valence-corrected chi connectivity index (χ1v) is 7.39. The molecule has 1 fully saturated rings. The minimum atomic E-state index is -0.771. The maximum Gasteiger partial charge on any atom is 0.294 e. The second-order valence-corrected chi connectivity index (χ2v) is 5.73. The van der Waals surface area contributed by atoms with Crippen LogP contribution < -0.4 is 10.5 Å². The van der Waals surface area contributed by atoms with Crippen LogP contribution in [0.15, 0.2) is 16.9 Å². The molecule has 0 saturated carbocycles. The van der Waals surface area contributed by atoms with Gasteiger partial charge < -0.3 is 9.64 Å². The van der Waals surface area contributed by atoms with Crippen molar-refractivity contribution in [2.24, 2.45) is 0 Å². The molecule has 23 heavy (non-hydrogen) atoms. The minimum Gasteiger partial charge on any atom is -0.378 e. The number of hydrogen-bond donors (Lipinski definition) is 0. The molecule has 0 unspecified atom stereocenters. The van der Waals surface area contributed by atoms with Crippen molar-refractivity contribution in [2.75, 3.05) is 31.2 Å². The van der Waals surface area contributed by atoms with Crippen molar-refractivity contribution in [3.63, 3.8) is 0 Å². The Morgan fingerprint density at radius 2 is 1.87 bits per heavy atom. The molecule has 2 heterocycles. The molecule has 1 aliphatic heterocycles. The molecule has 1 aromatic carbocycles. The largest absolute Gasteiger partial charge is 0.378 e. The molecule has 1 aromatic heterocycles. The molecule has 0 N–H and O–H groups in total. The Bertz CT molecular complexity index is 860. The number of aromatic nitrogens is 1. The number of nitro benzene ring substituents is 2. The first-order chi connectivity index (χ1) is 11.0. The van der Waals surface area contributed by atoms with Crippen molar-refractivity contribution in [2.45, 2.75) is 0 Å². The van der Waals surface area contributed by atoms with Gasteiger partial charge in [-0.15, -0.1) is 0 Å². The van der Waals surface area contributed by atoms with Crippen LogP contribution in [0.1, 0.15) is 0 Å². The Labute approximate surface area is 132 Å². The number of fused-ring (bicyclic) bond motifs is 1. The molecule has 0 aliphatic carbocycles. The molecule has 0 amide bonds. The molecule has 0 bridgehead atoms. The van der Waals surface area contributed by atoms with Gasteiger partial charge >= 0.3 is 0 Å². The molecular formula is C12H10N4O6S. The zero-order valence-electron chi connectivity index (χ0n) is 11.6. The molecule has 0 atom stereocenters. The summed E-state index contributed by atoms with van der Waals surface area (Å²) in [6, 6.07) is 1.89. The molecule has 2 aromatic rings. The zero-order valence-corrected chi connectivity index (χ0v) is 12.4. The third-order valence-electron chi connectivity index (χ3n) is 3.36. The molecule has 120 valence electrons. The molecule has 0 radical (unpaired) electrons. The maximum atomic E-state index is 12.2. The highest BCUT2D eigenvalue weighted by molar-refractivity contribution is 7.22. The summed E-state index contributed by atoms with van der Waals surface area (Å²) < 4.78 is 5.30. The van der Waals surface area contributed by atoms with Crippen molar-refractivity contribution in [3.05, 3.63) is 42.7 Å². The summed E-state index contributed by atoms with van der Waals surface area (Å²) >= 11 is 0.978. The van der Waals surface area contributed by atoms with Gasteiger partial charge in [-0.05, 0) is 0 Å². The molecule has 1 aliphatic rings. The molecule has 11 heteroatoms. The Morgan fingerprint density at radius 1 is 1.17 bits per heavy atom. The lowest BCUT2D eigenvalue weighted by Gasteiger charge is -2.26. The summed E-state index contributed by atoms with van der Waals surface area (Å²) in [7, 11) is 0. The van der Waals surface area contributed by atoms with E-state index in [0.29, 0.717) is 31.4 Å². The number of nitro groups is 2. The highest BCUT2D eigenvalue weighted by Crippen LogP contribution is 2.35. The minimum absolute atomic E-state index is 0.0853. The van der Waals surface area contributed by atoms with E-state index in [-0.39, 0.29) is 10.1 Å². The second kappa shape index (κ2) is 5.85. The van der Waals surface area contributed by atoms with Gasteiger partial charge in [0, 0.05) is 19.2 Å². The third kappa shape index (κ3) is 2.83. The van der Waals surface area contributed by atoms with Gasteiger partial charge in [-0.2, -0.15) is 4.98 Å². The van der Waals surface area contributed by atoms with Crippen molar-refractivity contribution in [3.8, 4) is 0 Å². The normalized spacial score (nSPS) is 14.9. The van der Waals surface area contributed by atoms with Crippen molar-refractivity contribution >= 4 is 37.9 Å². The molecule has 0 spiro atoms. The van der Waals surface area contributed by atoms with Crippen LogP contribution in [-0.2, 0) is 4.74 Å². The highest BCUT2D eigenvalue weighted by Gasteiger charge is 2.24. The fourth-order valence-corrected chi connectivity index (χ4v) is 3.37. The first-order valence-electron chi connectivity index (χ1n) is 6.58. The monoisotopic (exact) mass is 338 g/mol. The molecule has 3 rings (SSSR count). The van der Waals surface area contributed by atoms with Gasteiger partial charge in [0.15, 0.2) is 5.13 Å². The van der Waals surface area contributed by atoms with Crippen LogP contribution in [0.3, 0.4) is 0 Å². The number of morpholine rings is 1. The average molecular weight is 338 g/mol. The van der Waals surface area contributed by atoms with E-state index in [9.17, 15) is 25.0 Å². The maximum absolute atomic E-state index is 12.2. The lowest BCUT2D eigenvalue weighted by molar-refractivity contribution is -0.392. The van der Waals surface area contributed by atoms with E-state index >= 15 is 0 Å². The standard InChI is InChI=1S/C12H10N4O6S/c17-11-8-5-7(15(18)19)6-9(16(20)21)10(8)23-12(13-11)14-1-3-22-4-2-14/h5-6H,1-4H2. The van der Waals surface area contributed by atoms with E-state index in [4.69, 9.17) is 4.74 Å². The van der Waals surface area contributed by atoms with E-state index in [0.717, 1.165) is 23.5 Å². The van der Waals surface area contributed by atoms with Gasteiger partial charge in [0.25, 0.3) is 16.9 Å². The van der Waals surface area contributed by atoms with E-state index in [1.165, 1.54) is 0 Å². The molecule has 1 saturated heterocycles. The number of anilines is 1. The number of non-ortho nitro benzene ring substituents is 2. The van der Waals surface area contributed by atoms with E-state index in [2.05, 4.69) is 4.98 Å². The smallest absolute Gasteiger partial charge is 0.294 e. The number of rotatable bonds is 3. The van der Waals surface area contributed by atoms with Gasteiger partial charge in [0.05, 0.1) is 34.5 Å². The number of nitrogens with zero attached hydrogens (tertiary/aromatic N) is 4. The summed E-state index contributed by atoms with van der Waals surface area (Å²) in [6.07, 6.45) is 0. The number of benzene rings is 1. The fourth-order valence-electron chi connectivity index (χ4n) is 2.26. The van der Waals surface area contributed by atoms with Crippen LogP contribution >= 0.6 is 11.3 Å². The van der Waals surface area contributed by atoms with Crippen LogP contribution in [0, 0.1) is 20.2 Å². The van der Waals surface area contributed by atoms with E-state index < -0.39 is 26.8 Å². The van der Waals surface area contributed by atoms with Gasteiger partial charge in [-0.3, -0.25) is 25.0 Å². The van der Waals surface area contributed by atoms with E-state index in [1.54, 1.807) is 4.90 Å². The van der Waals surface area contributed by atoms with Gasteiger partial charge in [-0.1, -0.05) is 11.3 Å². The van der Waals surface area contributed by atoms with Gasteiger partial charge in [-0.25, -0.2) is 0 Å². The molecule has 10 nitrogen and oxygen atoms in total. The third-order valence-corrected chi connectivity index (χ3v) is 4.53. The number of ether oxygens (including phenoxy) is 1. The Morgan fingerprint density at radius 3 is 2.48 bits per heavy atom. The van der Waals surface area contributed by atoms with Crippen LogP contribution in [0.25, 0.3) is 10.1 Å². The zero-order chi connectivity index (χ0) is 16.6. The van der Waals surface area contributed by atoms with Crippen LogP contribution in [0.4, 0.5) is 16.5 Å². The van der Waals surface area contributed by atoms with Crippen molar-refractivity contribution in [1.29, 1.82) is 0 Å². The summed E-state index contributed by atoms with van der Waals surface area (Å²) in [4.78, 5) is 38.5. The van der Waals surface area contributed by atoms with Gasteiger partial charge in [0.2, 0.25) is 0 Å². The van der Waals surface area contributed by atoms with Crippen molar-refractivity contribution < 1.29 is 14.6 Å². The summed E-state index contributed by atoms with van der Waals surface area (Å²) in [6.45, 7) is 2.00. The fraction of sp³-hybridized carbons (Fsp3) is 0.333. The second-order valence-electron chi connectivity index (χ2n) is 4.76. The molecular weight excluding hydrogens is 328 g/mol. The van der Waals surface area contributed by atoms with Crippen LogP contribution in [-0.4, -0.2) is 41.1 Å². The number of hydrogen-bond acceptors (Lipinski definition) is 9. The van der Waals surface area contributed by atoms with Crippen LogP contribution in [0.5, 0.6) is 0 Å². The van der Waals surface area contributed by atoms with Gasteiger partial charge in [0.1, 0.15) is 4.70 Å². The lowest BCUT2D eigenvalue weighted by atomic mass is 10.2.